The van der Waals surface area contributed by atoms with E-state index in [2.05, 4.69) is 5.32 Å². The predicted octanol–water partition coefficient (Wildman–Crippen LogP) is 2.82. The number of benzene rings is 1. The summed E-state index contributed by atoms with van der Waals surface area (Å²) in [5.74, 6) is 1.05. The van der Waals surface area contributed by atoms with E-state index in [1.54, 1.807) is 12.1 Å². The minimum atomic E-state index is -4.23. The number of rotatable bonds is 2. The van der Waals surface area contributed by atoms with E-state index in [1.807, 2.05) is 0 Å². The van der Waals surface area contributed by atoms with Crippen LogP contribution in [0.3, 0.4) is 0 Å². The van der Waals surface area contributed by atoms with Crippen LogP contribution in [0.25, 0.3) is 0 Å². The number of ether oxygens (including phenoxy) is 2. The highest BCUT2D eigenvalue weighted by atomic mass is 19.4. The number of alkyl halides is 3. The highest BCUT2D eigenvalue weighted by Crippen LogP contribution is 2.32. The van der Waals surface area contributed by atoms with Crippen molar-refractivity contribution in [3.05, 3.63) is 18.2 Å². The van der Waals surface area contributed by atoms with E-state index in [-0.39, 0.29) is 0 Å². The normalized spacial score (nSPS) is 15.2. The SMILES string of the molecule is FC(F)(F)CNc1ccc2c(c1)OCCCO2. The second-order valence-electron chi connectivity index (χ2n) is 3.68. The molecule has 3 nitrogen and oxygen atoms in total. The summed E-state index contributed by atoms with van der Waals surface area (Å²) in [6.07, 6.45) is -3.47. The van der Waals surface area contributed by atoms with Gasteiger partial charge in [0.05, 0.1) is 13.2 Å². The molecule has 94 valence electrons. The fourth-order valence-corrected chi connectivity index (χ4v) is 1.48. The van der Waals surface area contributed by atoms with E-state index in [1.165, 1.54) is 6.07 Å². The molecule has 0 fully saturated rings. The van der Waals surface area contributed by atoms with Crippen LogP contribution in [0.4, 0.5) is 18.9 Å². The summed E-state index contributed by atoms with van der Waals surface area (Å²) in [4.78, 5) is 0. The summed E-state index contributed by atoms with van der Waals surface area (Å²) >= 11 is 0. The highest BCUT2D eigenvalue weighted by molar-refractivity contribution is 5.55. The predicted molar refractivity (Wildman–Crippen MR) is 56.6 cm³/mol. The van der Waals surface area contributed by atoms with Crippen LogP contribution >= 0.6 is 0 Å². The van der Waals surface area contributed by atoms with E-state index in [0.717, 1.165) is 6.42 Å². The van der Waals surface area contributed by atoms with Crippen molar-refractivity contribution in [1.29, 1.82) is 0 Å². The van der Waals surface area contributed by atoms with Gasteiger partial charge in [-0.25, -0.2) is 0 Å². The van der Waals surface area contributed by atoms with Crippen LogP contribution in [-0.4, -0.2) is 25.9 Å². The molecule has 0 atom stereocenters. The van der Waals surface area contributed by atoms with Crippen LogP contribution in [0, 0.1) is 0 Å². The molecule has 0 bridgehead atoms. The first kappa shape index (κ1) is 11.9. The first-order chi connectivity index (χ1) is 8.04. The molecule has 6 heteroatoms. The average molecular weight is 247 g/mol. The summed E-state index contributed by atoms with van der Waals surface area (Å²) in [5, 5.41) is 2.29. The Bertz CT molecular complexity index is 393. The molecule has 1 heterocycles. The molecule has 0 spiro atoms. The average Bonchev–Trinajstić information content (AvgIpc) is 2.49. The maximum Gasteiger partial charge on any atom is 0.405 e. The van der Waals surface area contributed by atoms with Crippen LogP contribution in [0.1, 0.15) is 6.42 Å². The monoisotopic (exact) mass is 247 g/mol. The zero-order valence-electron chi connectivity index (χ0n) is 9.01. The van der Waals surface area contributed by atoms with Gasteiger partial charge in [0, 0.05) is 18.2 Å². The highest BCUT2D eigenvalue weighted by Gasteiger charge is 2.26. The molecule has 1 N–H and O–H groups in total. The lowest BCUT2D eigenvalue weighted by Crippen LogP contribution is -2.21. The Morgan fingerprint density at radius 1 is 1.12 bits per heavy atom. The molecule has 1 aromatic rings. The quantitative estimate of drug-likeness (QED) is 0.871. The summed E-state index contributed by atoms with van der Waals surface area (Å²) in [6.45, 7) is 0.00466. The van der Waals surface area contributed by atoms with Gasteiger partial charge < -0.3 is 14.8 Å². The van der Waals surface area contributed by atoms with Gasteiger partial charge in [0.25, 0.3) is 0 Å². The molecule has 0 unspecified atom stereocenters. The molecule has 1 aromatic carbocycles. The van der Waals surface area contributed by atoms with Crippen LogP contribution in [0.15, 0.2) is 18.2 Å². The molecule has 17 heavy (non-hydrogen) atoms. The van der Waals surface area contributed by atoms with Crippen LogP contribution in [0.5, 0.6) is 11.5 Å². The Morgan fingerprint density at radius 2 is 1.82 bits per heavy atom. The van der Waals surface area contributed by atoms with E-state index < -0.39 is 12.7 Å². The van der Waals surface area contributed by atoms with Crippen molar-refractivity contribution in [3.63, 3.8) is 0 Å². The summed E-state index contributed by atoms with van der Waals surface area (Å²) < 4.78 is 46.8. The zero-order valence-corrected chi connectivity index (χ0v) is 9.01. The minimum absolute atomic E-state index is 0.367. The van der Waals surface area contributed by atoms with E-state index in [9.17, 15) is 13.2 Å². The number of nitrogens with one attached hydrogen (secondary N) is 1. The second-order valence-corrected chi connectivity index (χ2v) is 3.68. The third-order valence-corrected chi connectivity index (χ3v) is 2.24. The standard InChI is InChI=1S/C11H12F3NO2/c12-11(13,14)7-15-8-2-3-9-10(6-8)17-5-1-4-16-9/h2-3,6,15H,1,4-5,7H2. The van der Waals surface area contributed by atoms with Gasteiger partial charge in [-0.2, -0.15) is 13.2 Å². The van der Waals surface area contributed by atoms with Crippen molar-refractivity contribution >= 4 is 5.69 Å². The fraction of sp³-hybridized carbons (Fsp3) is 0.455. The van der Waals surface area contributed by atoms with Gasteiger partial charge in [-0.05, 0) is 12.1 Å². The Morgan fingerprint density at radius 3 is 2.53 bits per heavy atom. The summed E-state index contributed by atoms with van der Waals surface area (Å²) in [7, 11) is 0. The molecule has 1 aliphatic heterocycles. The zero-order chi connectivity index (χ0) is 12.3. The summed E-state index contributed by atoms with van der Waals surface area (Å²) in [6, 6.07) is 4.67. The van der Waals surface area contributed by atoms with Gasteiger partial charge in [-0.3, -0.25) is 0 Å². The lowest BCUT2D eigenvalue weighted by atomic mass is 10.2. The third-order valence-electron chi connectivity index (χ3n) is 2.24. The number of hydrogen-bond acceptors (Lipinski definition) is 3. The first-order valence-corrected chi connectivity index (χ1v) is 5.25. The molecule has 0 amide bonds. The first-order valence-electron chi connectivity index (χ1n) is 5.25. The van der Waals surface area contributed by atoms with Gasteiger partial charge >= 0.3 is 6.18 Å². The van der Waals surface area contributed by atoms with Crippen LogP contribution in [-0.2, 0) is 0 Å². The van der Waals surface area contributed by atoms with Gasteiger partial charge in [-0.15, -0.1) is 0 Å². The molecule has 0 saturated heterocycles. The lowest BCUT2D eigenvalue weighted by molar-refractivity contribution is -0.115. The molecule has 1 aliphatic rings. The Kier molecular flexibility index (Phi) is 3.31. The molecular weight excluding hydrogens is 235 g/mol. The fourth-order valence-electron chi connectivity index (χ4n) is 1.48. The molecule has 0 saturated carbocycles. The van der Waals surface area contributed by atoms with Crippen molar-refractivity contribution < 1.29 is 22.6 Å². The number of hydrogen-bond donors (Lipinski definition) is 1. The Balaban J connectivity index is 2.07. The molecule has 0 aliphatic carbocycles. The smallest absolute Gasteiger partial charge is 0.405 e. The number of anilines is 1. The Hall–Kier alpha value is -1.59. The number of halogens is 3. The van der Waals surface area contributed by atoms with Gasteiger partial charge in [0.2, 0.25) is 0 Å². The third kappa shape index (κ3) is 3.44. The largest absolute Gasteiger partial charge is 0.490 e. The summed E-state index contributed by atoms with van der Waals surface area (Å²) in [5.41, 5.74) is 0.367. The van der Waals surface area contributed by atoms with Gasteiger partial charge in [-0.1, -0.05) is 0 Å². The van der Waals surface area contributed by atoms with Crippen molar-refractivity contribution in [2.75, 3.05) is 25.1 Å². The van der Waals surface area contributed by atoms with Gasteiger partial charge in [0.15, 0.2) is 11.5 Å². The maximum atomic E-state index is 12.0. The van der Waals surface area contributed by atoms with Crippen LogP contribution in [0.2, 0.25) is 0 Å². The molecule has 0 aromatic heterocycles. The number of fused-ring (bicyclic) bond motifs is 1. The van der Waals surface area contributed by atoms with Gasteiger partial charge in [0.1, 0.15) is 6.54 Å². The van der Waals surface area contributed by atoms with E-state index >= 15 is 0 Å². The Labute approximate surface area is 96.5 Å². The van der Waals surface area contributed by atoms with Crippen molar-refractivity contribution in [2.45, 2.75) is 12.6 Å². The molecular formula is C11H12F3NO2. The molecule has 2 rings (SSSR count). The van der Waals surface area contributed by atoms with Crippen molar-refractivity contribution in [1.82, 2.24) is 0 Å². The van der Waals surface area contributed by atoms with E-state index in [4.69, 9.17) is 9.47 Å². The van der Waals surface area contributed by atoms with Crippen molar-refractivity contribution in [3.8, 4) is 11.5 Å². The maximum absolute atomic E-state index is 12.0. The minimum Gasteiger partial charge on any atom is -0.490 e. The van der Waals surface area contributed by atoms with Crippen molar-refractivity contribution in [2.24, 2.45) is 0 Å². The lowest BCUT2D eigenvalue weighted by Gasteiger charge is -2.12. The topological polar surface area (TPSA) is 30.5 Å². The van der Waals surface area contributed by atoms with Crippen LogP contribution < -0.4 is 14.8 Å². The van der Waals surface area contributed by atoms with E-state index in [0.29, 0.717) is 30.4 Å². The second kappa shape index (κ2) is 4.73. The molecule has 0 radical (unpaired) electrons.